The van der Waals surface area contributed by atoms with Gasteiger partial charge in [0.05, 0.1) is 12.0 Å². The fourth-order valence-corrected chi connectivity index (χ4v) is 1.66. The van der Waals surface area contributed by atoms with Crippen molar-refractivity contribution in [2.75, 3.05) is 0 Å². The molecule has 1 atom stereocenters. The van der Waals surface area contributed by atoms with Crippen LogP contribution in [0.25, 0.3) is 0 Å². The molecular formula is C13H16N2O. The van der Waals surface area contributed by atoms with Crippen LogP contribution in [0.4, 0.5) is 0 Å². The lowest BCUT2D eigenvalue weighted by atomic mass is 9.81. The van der Waals surface area contributed by atoms with Gasteiger partial charge in [0.1, 0.15) is 0 Å². The number of benzene rings is 1. The summed E-state index contributed by atoms with van der Waals surface area (Å²) in [5, 5.41) is 20.8. The Balaban J connectivity index is 2.83. The van der Waals surface area contributed by atoms with Crippen LogP contribution in [0.3, 0.4) is 0 Å². The van der Waals surface area contributed by atoms with Crippen LogP contribution in [0.1, 0.15) is 31.7 Å². The van der Waals surface area contributed by atoms with E-state index in [1.54, 1.807) is 0 Å². The van der Waals surface area contributed by atoms with Crippen molar-refractivity contribution in [1.82, 2.24) is 0 Å². The molecule has 0 radical (unpaired) electrons. The first-order valence-electron chi connectivity index (χ1n) is 5.22. The largest absolute Gasteiger partial charge is 0.411 e. The van der Waals surface area contributed by atoms with Gasteiger partial charge in [0.2, 0.25) is 0 Å². The Kier molecular flexibility index (Phi) is 4.07. The molecule has 0 heterocycles. The minimum atomic E-state index is -0.287. The average molecular weight is 216 g/mol. The summed E-state index contributed by atoms with van der Waals surface area (Å²) in [6.45, 7) is 3.89. The molecule has 16 heavy (non-hydrogen) atoms. The summed E-state index contributed by atoms with van der Waals surface area (Å²) in [6, 6.07) is 12.0. The molecule has 0 spiro atoms. The number of nitrogens with zero attached hydrogens (tertiary/aromatic N) is 2. The molecule has 1 aromatic rings. The molecule has 3 nitrogen and oxygen atoms in total. The summed E-state index contributed by atoms with van der Waals surface area (Å²) in [6.07, 6.45) is 2.11. The third kappa shape index (κ3) is 3.39. The molecule has 0 amide bonds. The molecule has 0 aromatic heterocycles. The van der Waals surface area contributed by atoms with E-state index in [0.717, 1.165) is 5.56 Å². The van der Waals surface area contributed by atoms with E-state index in [2.05, 4.69) is 11.2 Å². The van der Waals surface area contributed by atoms with E-state index in [1.165, 1.54) is 6.21 Å². The van der Waals surface area contributed by atoms with Crippen molar-refractivity contribution >= 4 is 6.21 Å². The molecular weight excluding hydrogens is 200 g/mol. The van der Waals surface area contributed by atoms with Crippen molar-refractivity contribution in [3.8, 4) is 6.07 Å². The van der Waals surface area contributed by atoms with E-state index < -0.39 is 0 Å². The zero-order chi connectivity index (χ0) is 12.0. The van der Waals surface area contributed by atoms with Gasteiger partial charge in [0.25, 0.3) is 0 Å². The lowest BCUT2D eigenvalue weighted by Crippen LogP contribution is -2.17. The molecule has 0 aliphatic heterocycles. The fraction of sp³-hybridized carbons (Fsp3) is 0.385. The van der Waals surface area contributed by atoms with Crippen LogP contribution >= 0.6 is 0 Å². The number of nitriles is 1. The summed E-state index contributed by atoms with van der Waals surface area (Å²) < 4.78 is 0. The monoisotopic (exact) mass is 216 g/mol. The van der Waals surface area contributed by atoms with Gasteiger partial charge in [-0.2, -0.15) is 5.26 Å². The van der Waals surface area contributed by atoms with Crippen LogP contribution in [0.15, 0.2) is 35.5 Å². The highest BCUT2D eigenvalue weighted by Gasteiger charge is 2.22. The summed E-state index contributed by atoms with van der Waals surface area (Å²) in [5.41, 5.74) is 0.717. The maximum absolute atomic E-state index is 9.15. The molecule has 1 N–H and O–H groups in total. The summed E-state index contributed by atoms with van der Waals surface area (Å²) in [5.74, 6) is -0.172. The number of hydrogen-bond acceptors (Lipinski definition) is 3. The van der Waals surface area contributed by atoms with Crippen molar-refractivity contribution in [3.05, 3.63) is 35.9 Å². The van der Waals surface area contributed by atoms with E-state index in [1.807, 2.05) is 44.2 Å². The van der Waals surface area contributed by atoms with Crippen molar-refractivity contribution in [2.45, 2.75) is 26.2 Å². The molecule has 0 aliphatic carbocycles. The first-order chi connectivity index (χ1) is 7.59. The van der Waals surface area contributed by atoms with E-state index >= 15 is 0 Å². The molecule has 3 heteroatoms. The van der Waals surface area contributed by atoms with Gasteiger partial charge in [0.15, 0.2) is 0 Å². The maximum Gasteiger partial charge on any atom is 0.0721 e. The summed E-state index contributed by atoms with van der Waals surface area (Å²) in [7, 11) is 0. The van der Waals surface area contributed by atoms with Crippen molar-refractivity contribution in [2.24, 2.45) is 10.6 Å². The Morgan fingerprint density at radius 3 is 2.56 bits per heavy atom. The van der Waals surface area contributed by atoms with Gasteiger partial charge in [-0.15, -0.1) is 5.16 Å². The van der Waals surface area contributed by atoms with E-state index in [9.17, 15) is 0 Å². The first kappa shape index (κ1) is 12.3. The Morgan fingerprint density at radius 2 is 2.06 bits per heavy atom. The second-order valence-electron chi connectivity index (χ2n) is 4.53. The first-order valence-corrected chi connectivity index (χ1v) is 5.22. The van der Waals surface area contributed by atoms with Gasteiger partial charge in [-0.25, -0.2) is 0 Å². The van der Waals surface area contributed by atoms with Crippen LogP contribution in [0.2, 0.25) is 0 Å². The maximum atomic E-state index is 9.15. The molecule has 0 aliphatic rings. The van der Waals surface area contributed by atoms with Crippen LogP contribution in [-0.2, 0) is 0 Å². The summed E-state index contributed by atoms with van der Waals surface area (Å²) >= 11 is 0. The van der Waals surface area contributed by atoms with Crippen LogP contribution in [0, 0.1) is 16.7 Å². The van der Waals surface area contributed by atoms with Crippen LogP contribution in [-0.4, -0.2) is 11.4 Å². The highest BCUT2D eigenvalue weighted by atomic mass is 16.4. The fourth-order valence-electron chi connectivity index (χ4n) is 1.66. The lowest BCUT2D eigenvalue weighted by molar-refractivity contribution is 0.311. The Labute approximate surface area is 96.0 Å². The van der Waals surface area contributed by atoms with Gasteiger partial charge in [-0.05, 0) is 12.0 Å². The second kappa shape index (κ2) is 5.32. The third-order valence-electron chi connectivity index (χ3n) is 2.50. The van der Waals surface area contributed by atoms with Crippen LogP contribution < -0.4 is 0 Å². The lowest BCUT2D eigenvalue weighted by Gasteiger charge is -2.21. The minimum absolute atomic E-state index is 0.172. The molecule has 0 saturated carbocycles. The smallest absolute Gasteiger partial charge is 0.0721 e. The molecule has 0 fully saturated rings. The Bertz CT molecular complexity index is 390. The quantitative estimate of drug-likeness (QED) is 0.477. The van der Waals surface area contributed by atoms with Gasteiger partial charge in [0, 0.05) is 11.6 Å². The Morgan fingerprint density at radius 1 is 1.44 bits per heavy atom. The molecule has 0 saturated heterocycles. The highest BCUT2D eigenvalue weighted by Crippen LogP contribution is 2.29. The average Bonchev–Trinajstić information content (AvgIpc) is 2.27. The number of rotatable bonds is 4. The van der Waals surface area contributed by atoms with Crippen molar-refractivity contribution < 1.29 is 5.21 Å². The zero-order valence-electron chi connectivity index (χ0n) is 9.59. The normalized spacial score (nSPS) is 13.6. The third-order valence-corrected chi connectivity index (χ3v) is 2.50. The van der Waals surface area contributed by atoms with E-state index in [4.69, 9.17) is 10.5 Å². The van der Waals surface area contributed by atoms with Gasteiger partial charge >= 0.3 is 0 Å². The summed E-state index contributed by atoms with van der Waals surface area (Å²) in [4.78, 5) is 0. The number of hydrogen-bond donors (Lipinski definition) is 1. The van der Waals surface area contributed by atoms with Gasteiger partial charge in [-0.3, -0.25) is 0 Å². The second-order valence-corrected chi connectivity index (χ2v) is 4.53. The molecule has 1 unspecified atom stereocenters. The number of oxime groups is 1. The van der Waals surface area contributed by atoms with E-state index in [-0.39, 0.29) is 11.3 Å². The van der Waals surface area contributed by atoms with E-state index in [0.29, 0.717) is 6.42 Å². The molecule has 0 bridgehead atoms. The molecule has 84 valence electrons. The minimum Gasteiger partial charge on any atom is -0.411 e. The topological polar surface area (TPSA) is 56.4 Å². The predicted molar refractivity (Wildman–Crippen MR) is 63.5 cm³/mol. The van der Waals surface area contributed by atoms with Crippen molar-refractivity contribution in [3.63, 3.8) is 0 Å². The highest BCUT2D eigenvalue weighted by molar-refractivity contribution is 5.64. The standard InChI is InChI=1S/C13H16N2O/c1-13(2,10-15-16)8-12(9-14)11-6-4-3-5-7-11/h3-7,10,12,16H,8H2,1-2H3. The van der Waals surface area contributed by atoms with Gasteiger partial charge in [-0.1, -0.05) is 44.2 Å². The molecule has 1 rings (SSSR count). The zero-order valence-corrected chi connectivity index (χ0v) is 9.59. The molecule has 1 aromatic carbocycles. The SMILES string of the molecule is CC(C)(C=NO)CC(C#N)c1ccccc1. The van der Waals surface area contributed by atoms with Crippen molar-refractivity contribution in [1.29, 1.82) is 5.26 Å². The van der Waals surface area contributed by atoms with Crippen LogP contribution in [0.5, 0.6) is 0 Å². The predicted octanol–water partition coefficient (Wildman–Crippen LogP) is 3.17. The Hall–Kier alpha value is -1.82. The van der Waals surface area contributed by atoms with Gasteiger partial charge < -0.3 is 5.21 Å².